The summed E-state index contributed by atoms with van der Waals surface area (Å²) in [6, 6.07) is 6.10. The van der Waals surface area contributed by atoms with Gasteiger partial charge in [0.15, 0.2) is 0 Å². The van der Waals surface area contributed by atoms with Crippen LogP contribution in [0.3, 0.4) is 0 Å². The second-order valence-electron chi connectivity index (χ2n) is 7.91. The molecule has 170 valence electrons. The maximum Gasteiger partial charge on any atom is 0.439 e. The van der Waals surface area contributed by atoms with Gasteiger partial charge in [0, 0.05) is 0 Å². The molecule has 0 aromatic heterocycles. The van der Waals surface area contributed by atoms with Crippen molar-refractivity contribution in [3.63, 3.8) is 0 Å². The van der Waals surface area contributed by atoms with Gasteiger partial charge in [-0.2, -0.15) is 22.0 Å². The molecule has 0 saturated heterocycles. The van der Waals surface area contributed by atoms with Crippen molar-refractivity contribution >= 4 is 0 Å². The summed E-state index contributed by atoms with van der Waals surface area (Å²) in [5, 5.41) is 0. The number of halogens is 8. The molecule has 3 rings (SSSR count). The summed E-state index contributed by atoms with van der Waals surface area (Å²) in [5.41, 5.74) is 0.124. The smallest absolute Gasteiger partial charge is 0.430 e. The van der Waals surface area contributed by atoms with E-state index in [1.807, 2.05) is 0 Å². The maximum absolute atomic E-state index is 14.7. The van der Waals surface area contributed by atoms with Crippen molar-refractivity contribution in [3.8, 4) is 16.9 Å². The standard InChI is InChI=1S/C22H20F8O/c1-12-2-4-13(5-3-12)15-10-17(23)19(18(24)11-15)14-6-8-16(9-7-14)31-22(29,30)20(25)21(26,27)28/h6-13,20H,2-5H2,1H3. The molecule has 0 heterocycles. The number of ether oxygens (including phenoxy) is 1. The van der Waals surface area contributed by atoms with Crippen LogP contribution < -0.4 is 4.74 Å². The van der Waals surface area contributed by atoms with E-state index in [2.05, 4.69) is 11.7 Å². The van der Waals surface area contributed by atoms with Gasteiger partial charge in [-0.05, 0) is 60.1 Å². The Labute approximate surface area is 174 Å². The van der Waals surface area contributed by atoms with E-state index in [-0.39, 0.29) is 11.5 Å². The number of rotatable bonds is 5. The highest BCUT2D eigenvalue weighted by atomic mass is 19.4. The van der Waals surface area contributed by atoms with Gasteiger partial charge in [0.2, 0.25) is 0 Å². The largest absolute Gasteiger partial charge is 0.439 e. The summed E-state index contributed by atoms with van der Waals surface area (Å²) in [6.45, 7) is 2.13. The average molecular weight is 452 g/mol. The lowest BCUT2D eigenvalue weighted by atomic mass is 9.79. The van der Waals surface area contributed by atoms with Gasteiger partial charge in [-0.3, -0.25) is 0 Å². The first kappa shape index (κ1) is 23.3. The Balaban J connectivity index is 1.79. The van der Waals surface area contributed by atoms with Crippen LogP contribution in [0.5, 0.6) is 5.75 Å². The molecule has 2 aromatic carbocycles. The van der Waals surface area contributed by atoms with Gasteiger partial charge in [-0.15, -0.1) is 0 Å². The SMILES string of the molecule is CC1CCC(c2cc(F)c(-c3ccc(OC(F)(F)C(F)C(F)(F)F)cc3)c(F)c2)CC1. The van der Waals surface area contributed by atoms with Crippen molar-refractivity contribution in [2.24, 2.45) is 5.92 Å². The highest BCUT2D eigenvalue weighted by Gasteiger charge is 2.59. The van der Waals surface area contributed by atoms with Gasteiger partial charge in [-0.25, -0.2) is 13.2 Å². The molecule has 1 aliphatic rings. The predicted molar refractivity (Wildman–Crippen MR) is 98.7 cm³/mol. The summed E-state index contributed by atoms with van der Waals surface area (Å²) < 4.78 is 109. The van der Waals surface area contributed by atoms with Crippen molar-refractivity contribution in [2.75, 3.05) is 0 Å². The fraction of sp³-hybridized carbons (Fsp3) is 0.455. The average Bonchev–Trinajstić information content (AvgIpc) is 2.67. The summed E-state index contributed by atoms with van der Waals surface area (Å²) in [6.07, 6.45) is -11.9. The lowest BCUT2D eigenvalue weighted by Gasteiger charge is -2.26. The quantitative estimate of drug-likeness (QED) is 0.421. The molecule has 1 aliphatic carbocycles. The third kappa shape index (κ3) is 5.30. The first-order valence-corrected chi connectivity index (χ1v) is 9.75. The maximum atomic E-state index is 14.7. The summed E-state index contributed by atoms with van der Waals surface area (Å²) >= 11 is 0. The van der Waals surface area contributed by atoms with E-state index in [4.69, 9.17) is 0 Å². The van der Waals surface area contributed by atoms with Crippen molar-refractivity contribution in [2.45, 2.75) is 57.0 Å². The fourth-order valence-corrected chi connectivity index (χ4v) is 3.79. The van der Waals surface area contributed by atoms with Crippen LogP contribution in [0.4, 0.5) is 35.1 Å². The van der Waals surface area contributed by atoms with Gasteiger partial charge in [0.05, 0.1) is 5.56 Å². The molecule has 0 N–H and O–H groups in total. The molecule has 1 nitrogen and oxygen atoms in total. The van der Waals surface area contributed by atoms with Crippen LogP contribution in [0.25, 0.3) is 11.1 Å². The molecule has 0 spiro atoms. The number of alkyl halides is 6. The second-order valence-corrected chi connectivity index (χ2v) is 7.91. The molecule has 2 aromatic rings. The molecule has 1 saturated carbocycles. The number of hydrogen-bond donors (Lipinski definition) is 0. The van der Waals surface area contributed by atoms with Crippen LogP contribution in [0, 0.1) is 17.6 Å². The van der Waals surface area contributed by atoms with Crippen LogP contribution in [-0.2, 0) is 0 Å². The summed E-state index contributed by atoms with van der Waals surface area (Å²) in [7, 11) is 0. The molecule has 0 radical (unpaired) electrons. The number of benzene rings is 2. The molecule has 31 heavy (non-hydrogen) atoms. The lowest BCUT2D eigenvalue weighted by molar-refractivity contribution is -0.304. The zero-order valence-electron chi connectivity index (χ0n) is 16.5. The first-order chi connectivity index (χ1) is 14.4. The third-order valence-electron chi connectivity index (χ3n) is 5.53. The summed E-state index contributed by atoms with van der Waals surface area (Å²) in [5.74, 6) is -1.84. The highest BCUT2D eigenvalue weighted by Crippen LogP contribution is 2.39. The van der Waals surface area contributed by atoms with E-state index < -0.39 is 41.4 Å². The Morgan fingerprint density at radius 1 is 0.871 bits per heavy atom. The van der Waals surface area contributed by atoms with Crippen LogP contribution in [0.2, 0.25) is 0 Å². The Morgan fingerprint density at radius 2 is 1.39 bits per heavy atom. The Bertz CT molecular complexity index is 876. The Kier molecular flexibility index (Phi) is 6.53. The minimum Gasteiger partial charge on any atom is -0.430 e. The topological polar surface area (TPSA) is 9.23 Å². The van der Waals surface area contributed by atoms with Crippen LogP contribution in [-0.4, -0.2) is 18.5 Å². The minimum absolute atomic E-state index is 0.0258. The molecule has 9 heteroatoms. The van der Waals surface area contributed by atoms with Gasteiger partial charge in [-0.1, -0.05) is 31.9 Å². The molecular weight excluding hydrogens is 432 g/mol. The Hall–Kier alpha value is -2.32. The molecule has 1 atom stereocenters. The van der Waals surface area contributed by atoms with Gasteiger partial charge in [0.1, 0.15) is 17.4 Å². The zero-order valence-corrected chi connectivity index (χ0v) is 16.5. The first-order valence-electron chi connectivity index (χ1n) is 9.75. The lowest BCUT2D eigenvalue weighted by Crippen LogP contribution is -2.45. The van der Waals surface area contributed by atoms with E-state index in [9.17, 15) is 35.1 Å². The number of hydrogen-bond acceptors (Lipinski definition) is 1. The van der Waals surface area contributed by atoms with Crippen molar-refractivity contribution in [3.05, 3.63) is 53.6 Å². The van der Waals surface area contributed by atoms with Gasteiger partial charge >= 0.3 is 12.3 Å². The van der Waals surface area contributed by atoms with E-state index in [0.717, 1.165) is 49.9 Å². The molecule has 0 aliphatic heterocycles. The second kappa shape index (κ2) is 8.67. The molecule has 0 amide bonds. The normalized spacial score (nSPS) is 21.1. The van der Waals surface area contributed by atoms with E-state index in [1.54, 1.807) is 0 Å². The zero-order chi connectivity index (χ0) is 23.0. The van der Waals surface area contributed by atoms with Crippen molar-refractivity contribution in [1.82, 2.24) is 0 Å². The molecular formula is C22H20F8O. The van der Waals surface area contributed by atoms with Crippen LogP contribution in [0.15, 0.2) is 36.4 Å². The van der Waals surface area contributed by atoms with E-state index >= 15 is 0 Å². The molecule has 1 unspecified atom stereocenters. The van der Waals surface area contributed by atoms with Gasteiger partial charge in [0.25, 0.3) is 6.17 Å². The Morgan fingerprint density at radius 3 is 1.87 bits per heavy atom. The molecule has 1 fully saturated rings. The summed E-state index contributed by atoms with van der Waals surface area (Å²) in [4.78, 5) is 0. The molecule has 0 bridgehead atoms. The van der Waals surface area contributed by atoms with E-state index in [1.165, 1.54) is 12.1 Å². The van der Waals surface area contributed by atoms with Crippen molar-refractivity contribution in [1.29, 1.82) is 0 Å². The monoisotopic (exact) mass is 452 g/mol. The van der Waals surface area contributed by atoms with Crippen LogP contribution in [0.1, 0.15) is 44.1 Å². The third-order valence-corrected chi connectivity index (χ3v) is 5.53. The highest BCUT2D eigenvalue weighted by molar-refractivity contribution is 5.66. The van der Waals surface area contributed by atoms with Gasteiger partial charge < -0.3 is 4.74 Å². The fourth-order valence-electron chi connectivity index (χ4n) is 3.79. The van der Waals surface area contributed by atoms with Crippen LogP contribution >= 0.6 is 0 Å². The predicted octanol–water partition coefficient (Wildman–Crippen LogP) is 7.80. The van der Waals surface area contributed by atoms with Crippen molar-refractivity contribution < 1.29 is 39.9 Å². The van der Waals surface area contributed by atoms with E-state index in [0.29, 0.717) is 11.5 Å². The minimum atomic E-state index is -5.81.